The van der Waals surface area contributed by atoms with Gasteiger partial charge in [-0.05, 0) is 43.7 Å². The van der Waals surface area contributed by atoms with Gasteiger partial charge in [0.05, 0.1) is 0 Å². The first-order valence-corrected chi connectivity index (χ1v) is 10.2. The highest BCUT2D eigenvalue weighted by atomic mass is 19.4. The lowest BCUT2D eigenvalue weighted by Crippen LogP contribution is -2.21. The fourth-order valence-corrected chi connectivity index (χ4v) is 3.71. The fraction of sp³-hybridized carbons (Fsp3) is 0.174. The molecule has 0 saturated carbocycles. The van der Waals surface area contributed by atoms with Gasteiger partial charge in [0.1, 0.15) is 34.4 Å². The third-order valence-electron chi connectivity index (χ3n) is 5.17. The highest BCUT2D eigenvalue weighted by Crippen LogP contribution is 2.39. The normalized spacial score (nSPS) is 12.5. The summed E-state index contributed by atoms with van der Waals surface area (Å²) in [7, 11) is 0. The molecule has 0 bridgehead atoms. The molecule has 0 fully saturated rings. The summed E-state index contributed by atoms with van der Waals surface area (Å²) in [5.41, 5.74) is 6.90. The number of hydrogen-bond acceptors (Lipinski definition) is 6. The maximum atomic E-state index is 13.4. The molecular weight excluding hydrogens is 470 g/mol. The summed E-state index contributed by atoms with van der Waals surface area (Å²) >= 11 is 0. The fourth-order valence-electron chi connectivity index (χ4n) is 3.71. The van der Waals surface area contributed by atoms with Crippen molar-refractivity contribution in [3.63, 3.8) is 0 Å². The van der Waals surface area contributed by atoms with Gasteiger partial charge >= 0.3 is 6.36 Å². The number of benzene rings is 2. The SMILES string of the molecule is Cc1cnc(N)c2c(-c3ccc(NC(=O)[C@H](O)c4cccc(F)c4)cc3OC(F)(F)F)nc(C)n12. The maximum absolute atomic E-state index is 13.4. The minimum atomic E-state index is -5.05. The molecule has 4 aromatic rings. The minimum absolute atomic E-state index is 0.0239. The molecule has 0 aliphatic heterocycles. The molecule has 4 rings (SSSR count). The first-order chi connectivity index (χ1) is 16.4. The number of amides is 1. The number of aromatic nitrogens is 3. The number of nitrogens with two attached hydrogens (primary N) is 1. The first-order valence-electron chi connectivity index (χ1n) is 10.2. The van der Waals surface area contributed by atoms with E-state index in [1.807, 2.05) is 0 Å². The Balaban J connectivity index is 1.75. The quantitative estimate of drug-likeness (QED) is 0.360. The van der Waals surface area contributed by atoms with Crippen LogP contribution in [0.25, 0.3) is 16.8 Å². The average molecular weight is 489 g/mol. The van der Waals surface area contributed by atoms with Crippen LogP contribution in [0.15, 0.2) is 48.7 Å². The number of nitrogens with zero attached hydrogens (tertiary/aromatic N) is 3. The predicted molar refractivity (Wildman–Crippen MR) is 119 cm³/mol. The van der Waals surface area contributed by atoms with Gasteiger partial charge in [-0.15, -0.1) is 13.2 Å². The second kappa shape index (κ2) is 8.87. The van der Waals surface area contributed by atoms with E-state index < -0.39 is 29.9 Å². The van der Waals surface area contributed by atoms with Crippen molar-refractivity contribution < 1.29 is 32.2 Å². The van der Waals surface area contributed by atoms with Crippen molar-refractivity contribution in [2.45, 2.75) is 26.3 Å². The molecule has 0 spiro atoms. The smallest absolute Gasteiger partial charge is 0.405 e. The van der Waals surface area contributed by atoms with Gasteiger partial charge in [0.15, 0.2) is 6.10 Å². The topological polar surface area (TPSA) is 115 Å². The molecule has 4 N–H and O–H groups in total. The van der Waals surface area contributed by atoms with E-state index in [9.17, 15) is 27.5 Å². The summed E-state index contributed by atoms with van der Waals surface area (Å²) < 4.78 is 59.0. The molecule has 2 aromatic heterocycles. The van der Waals surface area contributed by atoms with Crippen LogP contribution >= 0.6 is 0 Å². The number of carbonyl (C=O) groups excluding carboxylic acids is 1. The molecule has 2 aromatic carbocycles. The van der Waals surface area contributed by atoms with Crippen molar-refractivity contribution in [2.75, 3.05) is 11.1 Å². The van der Waals surface area contributed by atoms with Gasteiger partial charge in [-0.25, -0.2) is 14.4 Å². The summed E-state index contributed by atoms with van der Waals surface area (Å²) in [4.78, 5) is 20.9. The Kier molecular flexibility index (Phi) is 6.07. The van der Waals surface area contributed by atoms with Crippen LogP contribution in [0.4, 0.5) is 29.1 Å². The van der Waals surface area contributed by atoms with Crippen LogP contribution in [0.5, 0.6) is 5.75 Å². The van der Waals surface area contributed by atoms with E-state index in [0.717, 1.165) is 18.2 Å². The van der Waals surface area contributed by atoms with Crippen LogP contribution in [0, 0.1) is 19.7 Å². The van der Waals surface area contributed by atoms with Crippen molar-refractivity contribution in [1.29, 1.82) is 0 Å². The van der Waals surface area contributed by atoms with E-state index in [-0.39, 0.29) is 28.3 Å². The highest BCUT2D eigenvalue weighted by molar-refractivity contribution is 5.96. The number of fused-ring (bicyclic) bond motifs is 1. The number of rotatable bonds is 5. The summed E-state index contributed by atoms with van der Waals surface area (Å²) in [6, 6.07) is 8.28. The summed E-state index contributed by atoms with van der Waals surface area (Å²) in [5, 5.41) is 12.5. The number of nitrogens with one attached hydrogen (secondary N) is 1. The summed E-state index contributed by atoms with van der Waals surface area (Å²) in [6.45, 7) is 3.41. The number of nitrogen functional groups attached to an aromatic ring is 1. The van der Waals surface area contributed by atoms with Crippen molar-refractivity contribution in [1.82, 2.24) is 14.4 Å². The van der Waals surface area contributed by atoms with E-state index in [1.165, 1.54) is 30.5 Å². The Morgan fingerprint density at radius 2 is 1.94 bits per heavy atom. The lowest BCUT2D eigenvalue weighted by molar-refractivity contribution is -0.274. The number of anilines is 2. The number of aliphatic hydroxyl groups excluding tert-OH is 1. The maximum Gasteiger partial charge on any atom is 0.573 e. The van der Waals surface area contributed by atoms with E-state index in [4.69, 9.17) is 5.73 Å². The largest absolute Gasteiger partial charge is 0.573 e. The summed E-state index contributed by atoms with van der Waals surface area (Å²) in [5.74, 6) is -1.77. The van der Waals surface area contributed by atoms with Crippen molar-refractivity contribution in [3.05, 3.63) is 71.6 Å². The minimum Gasteiger partial charge on any atom is -0.405 e. The molecule has 0 aliphatic carbocycles. The molecule has 0 saturated heterocycles. The zero-order valence-corrected chi connectivity index (χ0v) is 18.4. The second-order valence-electron chi connectivity index (χ2n) is 7.68. The van der Waals surface area contributed by atoms with Crippen molar-refractivity contribution >= 4 is 22.9 Å². The van der Waals surface area contributed by atoms with Gasteiger partial charge in [0, 0.05) is 29.2 Å². The van der Waals surface area contributed by atoms with Crippen LogP contribution in [-0.4, -0.2) is 31.7 Å². The van der Waals surface area contributed by atoms with Gasteiger partial charge in [0.25, 0.3) is 5.91 Å². The predicted octanol–water partition coefficient (Wildman–Crippen LogP) is 4.31. The van der Waals surface area contributed by atoms with Gasteiger partial charge in [-0.2, -0.15) is 0 Å². The lowest BCUT2D eigenvalue weighted by atomic mass is 10.1. The Bertz CT molecular complexity index is 1430. The van der Waals surface area contributed by atoms with E-state index in [1.54, 1.807) is 18.2 Å². The molecule has 1 amide bonds. The molecular formula is C23H19F4N5O3. The molecule has 2 heterocycles. The average Bonchev–Trinajstić information content (AvgIpc) is 3.13. The molecule has 182 valence electrons. The Labute approximate surface area is 196 Å². The standard InChI is InChI=1S/C23H19F4N5O3/c1-11-10-29-21(28)19-18(30-12(2)32(11)19)16-7-6-15(9-17(16)35-23(25,26)27)31-22(34)20(33)13-4-3-5-14(24)8-13/h3-10,20,33H,1-2H3,(H2,28,29)(H,31,34)/t20-/m1/s1. The third kappa shape index (κ3) is 4.87. The van der Waals surface area contributed by atoms with Crippen LogP contribution in [0.3, 0.4) is 0 Å². The van der Waals surface area contributed by atoms with Crippen molar-refractivity contribution in [3.8, 4) is 17.0 Å². The molecule has 0 radical (unpaired) electrons. The summed E-state index contributed by atoms with van der Waals surface area (Å²) in [6.07, 6.45) is -5.30. The Morgan fingerprint density at radius 3 is 2.63 bits per heavy atom. The molecule has 8 nitrogen and oxygen atoms in total. The zero-order chi connectivity index (χ0) is 25.5. The van der Waals surface area contributed by atoms with Crippen LogP contribution in [0.2, 0.25) is 0 Å². The van der Waals surface area contributed by atoms with Gasteiger partial charge in [-0.1, -0.05) is 12.1 Å². The molecule has 1 atom stereocenters. The molecule has 0 unspecified atom stereocenters. The number of alkyl halides is 3. The highest BCUT2D eigenvalue weighted by Gasteiger charge is 2.33. The van der Waals surface area contributed by atoms with E-state index >= 15 is 0 Å². The van der Waals surface area contributed by atoms with Crippen LogP contribution < -0.4 is 15.8 Å². The number of halogens is 4. The van der Waals surface area contributed by atoms with E-state index in [2.05, 4.69) is 20.0 Å². The monoisotopic (exact) mass is 489 g/mol. The number of imidazole rings is 1. The van der Waals surface area contributed by atoms with Crippen LogP contribution in [-0.2, 0) is 4.79 Å². The second-order valence-corrected chi connectivity index (χ2v) is 7.68. The Hall–Kier alpha value is -4.19. The third-order valence-corrected chi connectivity index (χ3v) is 5.17. The number of ether oxygens (including phenoxy) is 1. The van der Waals surface area contributed by atoms with Crippen LogP contribution in [0.1, 0.15) is 23.2 Å². The molecule has 0 aliphatic rings. The molecule has 12 heteroatoms. The van der Waals surface area contributed by atoms with Gasteiger partial charge in [-0.3, -0.25) is 9.20 Å². The lowest BCUT2D eigenvalue weighted by Gasteiger charge is -2.16. The number of carbonyl (C=O) groups is 1. The van der Waals surface area contributed by atoms with Gasteiger partial charge in [0.2, 0.25) is 0 Å². The number of hydrogen-bond donors (Lipinski definition) is 3. The molecule has 35 heavy (non-hydrogen) atoms. The number of aliphatic hydroxyl groups is 1. The van der Waals surface area contributed by atoms with Crippen molar-refractivity contribution in [2.24, 2.45) is 0 Å². The Morgan fingerprint density at radius 1 is 1.20 bits per heavy atom. The van der Waals surface area contributed by atoms with Gasteiger partial charge < -0.3 is 20.9 Å². The zero-order valence-electron chi connectivity index (χ0n) is 18.4. The van der Waals surface area contributed by atoms with E-state index in [0.29, 0.717) is 17.0 Å². The first kappa shape index (κ1) is 24.0. The number of aryl methyl sites for hydroxylation is 2.